The molecule has 1 N–H and O–H groups in total. The van der Waals surface area contributed by atoms with Gasteiger partial charge in [-0.1, -0.05) is 13.8 Å². The summed E-state index contributed by atoms with van der Waals surface area (Å²) < 4.78 is 0. The summed E-state index contributed by atoms with van der Waals surface area (Å²) in [5, 5.41) is 9.19. The zero-order chi connectivity index (χ0) is 14.3. The summed E-state index contributed by atoms with van der Waals surface area (Å²) in [6.45, 7) is 8.86. The molecule has 5 nitrogen and oxygen atoms in total. The second-order valence-corrected chi connectivity index (χ2v) is 6.97. The van der Waals surface area contributed by atoms with E-state index in [4.69, 9.17) is 0 Å². The Morgan fingerprint density at radius 1 is 0.947 bits per heavy atom. The van der Waals surface area contributed by atoms with Crippen LogP contribution in [0, 0.1) is 10.8 Å². The van der Waals surface area contributed by atoms with Gasteiger partial charge in [-0.05, 0) is 31.6 Å². The molecule has 0 radical (unpaired) electrons. The van der Waals surface area contributed by atoms with E-state index in [2.05, 4.69) is 13.8 Å². The van der Waals surface area contributed by atoms with Gasteiger partial charge in [0.05, 0.1) is 5.41 Å². The summed E-state index contributed by atoms with van der Waals surface area (Å²) in [5.41, 5.74) is -0.456. The van der Waals surface area contributed by atoms with E-state index in [1.54, 1.807) is 6.92 Å². The van der Waals surface area contributed by atoms with Crippen LogP contribution in [0.2, 0.25) is 0 Å². The number of nitrogens with zero attached hydrogens (tertiary/aromatic N) is 2. The van der Waals surface area contributed by atoms with Gasteiger partial charge in [-0.15, -0.1) is 0 Å². The fourth-order valence-electron chi connectivity index (χ4n) is 2.88. The Hall–Kier alpha value is -1.26. The van der Waals surface area contributed by atoms with Gasteiger partial charge in [0.1, 0.15) is 0 Å². The van der Waals surface area contributed by atoms with Crippen LogP contribution < -0.4 is 0 Å². The van der Waals surface area contributed by atoms with Gasteiger partial charge < -0.3 is 14.9 Å². The molecule has 5 heteroatoms. The van der Waals surface area contributed by atoms with E-state index in [9.17, 15) is 14.7 Å². The van der Waals surface area contributed by atoms with Crippen LogP contribution in [-0.2, 0) is 4.79 Å². The Kier molecular flexibility index (Phi) is 3.49. The summed E-state index contributed by atoms with van der Waals surface area (Å²) in [6, 6.07) is 0.0815. The molecule has 19 heavy (non-hydrogen) atoms. The van der Waals surface area contributed by atoms with Crippen molar-refractivity contribution in [3.63, 3.8) is 0 Å². The van der Waals surface area contributed by atoms with E-state index in [0.717, 1.165) is 19.5 Å². The number of amides is 2. The zero-order valence-corrected chi connectivity index (χ0v) is 12.1. The minimum Gasteiger partial charge on any atom is -0.481 e. The van der Waals surface area contributed by atoms with Gasteiger partial charge in [-0.25, -0.2) is 4.79 Å². The summed E-state index contributed by atoms with van der Waals surface area (Å²) in [4.78, 5) is 27.3. The van der Waals surface area contributed by atoms with Gasteiger partial charge >= 0.3 is 12.0 Å². The third-order valence-electron chi connectivity index (χ3n) is 4.60. The van der Waals surface area contributed by atoms with Crippen molar-refractivity contribution < 1.29 is 14.7 Å². The molecule has 2 saturated heterocycles. The second-order valence-electron chi connectivity index (χ2n) is 6.97. The lowest BCUT2D eigenvalue weighted by Crippen LogP contribution is -2.49. The first kappa shape index (κ1) is 14.2. The molecule has 2 aliphatic rings. The molecule has 0 spiro atoms. The topological polar surface area (TPSA) is 60.9 Å². The number of likely N-dealkylation sites (tertiary alicyclic amines) is 2. The average molecular weight is 268 g/mol. The summed E-state index contributed by atoms with van der Waals surface area (Å²) in [7, 11) is 0. The van der Waals surface area contributed by atoms with Crippen LogP contribution in [0.1, 0.15) is 40.0 Å². The summed E-state index contributed by atoms with van der Waals surface area (Å²) in [6.07, 6.45) is 2.13. The maximum atomic E-state index is 12.4. The van der Waals surface area contributed by atoms with E-state index in [1.165, 1.54) is 0 Å². The normalized spacial score (nSPS) is 25.4. The van der Waals surface area contributed by atoms with Crippen LogP contribution in [0.15, 0.2) is 0 Å². The third kappa shape index (κ3) is 2.85. The quantitative estimate of drug-likeness (QED) is 0.791. The first-order chi connectivity index (χ1) is 8.73. The van der Waals surface area contributed by atoms with Crippen LogP contribution >= 0.6 is 0 Å². The molecule has 0 unspecified atom stereocenters. The minimum atomic E-state index is -0.748. The van der Waals surface area contributed by atoms with Crippen molar-refractivity contribution in [3.05, 3.63) is 0 Å². The van der Waals surface area contributed by atoms with Gasteiger partial charge in [-0.3, -0.25) is 4.79 Å². The molecule has 2 fully saturated rings. The van der Waals surface area contributed by atoms with Crippen molar-refractivity contribution in [1.29, 1.82) is 0 Å². The number of aliphatic carboxylic acids is 1. The number of carboxylic acid groups (broad SMARTS) is 1. The molecule has 2 aliphatic heterocycles. The Balaban J connectivity index is 1.92. The zero-order valence-electron chi connectivity index (χ0n) is 12.1. The lowest BCUT2D eigenvalue weighted by atomic mass is 9.80. The van der Waals surface area contributed by atoms with E-state index in [1.807, 2.05) is 9.80 Å². The maximum Gasteiger partial charge on any atom is 0.320 e. The molecule has 0 saturated carbocycles. The van der Waals surface area contributed by atoms with E-state index >= 15 is 0 Å². The van der Waals surface area contributed by atoms with E-state index in [0.29, 0.717) is 25.9 Å². The highest BCUT2D eigenvalue weighted by atomic mass is 16.4. The molecule has 0 aromatic carbocycles. The second kappa shape index (κ2) is 4.69. The molecule has 0 bridgehead atoms. The number of hydrogen-bond donors (Lipinski definition) is 1. The number of carbonyl (C=O) groups excluding carboxylic acids is 1. The lowest BCUT2D eigenvalue weighted by Gasteiger charge is -2.38. The van der Waals surface area contributed by atoms with Crippen LogP contribution in [-0.4, -0.2) is 53.1 Å². The van der Waals surface area contributed by atoms with Crippen molar-refractivity contribution in [2.75, 3.05) is 26.2 Å². The first-order valence-corrected chi connectivity index (χ1v) is 7.01. The highest BCUT2D eigenvalue weighted by molar-refractivity contribution is 5.77. The molecule has 0 aromatic rings. The van der Waals surface area contributed by atoms with Crippen LogP contribution in [0.3, 0.4) is 0 Å². The molecule has 108 valence electrons. The monoisotopic (exact) mass is 268 g/mol. The number of rotatable bonds is 1. The van der Waals surface area contributed by atoms with Crippen LogP contribution in [0.25, 0.3) is 0 Å². The maximum absolute atomic E-state index is 12.4. The first-order valence-electron chi connectivity index (χ1n) is 7.01. The molecule has 0 atom stereocenters. The van der Waals surface area contributed by atoms with Gasteiger partial charge in [0.15, 0.2) is 0 Å². The largest absolute Gasteiger partial charge is 0.481 e. The van der Waals surface area contributed by atoms with E-state index in [-0.39, 0.29) is 11.4 Å². The molecule has 2 heterocycles. The van der Waals surface area contributed by atoms with Crippen LogP contribution in [0.4, 0.5) is 4.79 Å². The smallest absolute Gasteiger partial charge is 0.320 e. The highest BCUT2D eigenvalue weighted by Crippen LogP contribution is 2.33. The van der Waals surface area contributed by atoms with Crippen LogP contribution in [0.5, 0.6) is 0 Å². The van der Waals surface area contributed by atoms with Crippen molar-refractivity contribution in [2.45, 2.75) is 40.0 Å². The van der Waals surface area contributed by atoms with Gasteiger partial charge in [0.25, 0.3) is 0 Å². The Morgan fingerprint density at radius 3 is 1.89 bits per heavy atom. The number of carbonyl (C=O) groups is 2. The summed E-state index contributed by atoms with van der Waals surface area (Å²) >= 11 is 0. The van der Waals surface area contributed by atoms with Gasteiger partial charge in [0, 0.05) is 26.2 Å². The molecule has 0 aromatic heterocycles. The predicted molar refractivity (Wildman–Crippen MR) is 71.9 cm³/mol. The number of hydrogen-bond acceptors (Lipinski definition) is 2. The number of urea groups is 1. The molecular formula is C14H24N2O3. The highest BCUT2D eigenvalue weighted by Gasteiger charge is 2.40. The SMILES string of the molecule is CC1(C)CCN(C(=O)N2CCC(C)(C(=O)O)CC2)C1. The minimum absolute atomic E-state index is 0.0815. The van der Waals surface area contributed by atoms with Crippen molar-refractivity contribution in [3.8, 4) is 0 Å². The fraction of sp³-hybridized carbons (Fsp3) is 0.857. The van der Waals surface area contributed by atoms with E-state index < -0.39 is 11.4 Å². The Bertz CT molecular complexity index is 384. The number of carboxylic acids is 1. The van der Waals surface area contributed by atoms with Crippen molar-refractivity contribution >= 4 is 12.0 Å². The Labute approximate surface area is 114 Å². The standard InChI is InChI=1S/C14H24N2O3/c1-13(2)4-7-16(10-13)12(19)15-8-5-14(3,6-9-15)11(17)18/h4-10H2,1-3H3,(H,17,18). The molecular weight excluding hydrogens is 244 g/mol. The average Bonchev–Trinajstić information content (AvgIpc) is 2.69. The van der Waals surface area contributed by atoms with Crippen molar-refractivity contribution in [1.82, 2.24) is 9.80 Å². The molecule has 0 aliphatic carbocycles. The third-order valence-corrected chi connectivity index (χ3v) is 4.60. The molecule has 2 rings (SSSR count). The fourth-order valence-corrected chi connectivity index (χ4v) is 2.88. The lowest BCUT2D eigenvalue weighted by molar-refractivity contribution is -0.150. The Morgan fingerprint density at radius 2 is 1.47 bits per heavy atom. The number of piperidine rings is 1. The van der Waals surface area contributed by atoms with Gasteiger partial charge in [-0.2, -0.15) is 0 Å². The van der Waals surface area contributed by atoms with Crippen molar-refractivity contribution in [2.24, 2.45) is 10.8 Å². The molecule has 2 amide bonds. The van der Waals surface area contributed by atoms with Gasteiger partial charge in [0.2, 0.25) is 0 Å². The predicted octanol–water partition coefficient (Wildman–Crippen LogP) is 2.03. The summed E-state index contributed by atoms with van der Waals surface area (Å²) in [5.74, 6) is -0.748.